The first-order valence-corrected chi connectivity index (χ1v) is 9.51. The molecule has 5 atom stereocenters. The molecule has 0 aromatic heterocycles. The summed E-state index contributed by atoms with van der Waals surface area (Å²) in [6, 6.07) is 0. The van der Waals surface area contributed by atoms with E-state index in [4.69, 9.17) is 0 Å². The summed E-state index contributed by atoms with van der Waals surface area (Å²) in [5.41, 5.74) is 6.96. The van der Waals surface area contributed by atoms with Crippen LogP contribution in [0.25, 0.3) is 0 Å². The molecule has 2 rings (SSSR count). The van der Waals surface area contributed by atoms with Gasteiger partial charge in [-0.1, -0.05) is 53.4 Å². The van der Waals surface area contributed by atoms with E-state index in [-0.39, 0.29) is 0 Å². The lowest BCUT2D eigenvalue weighted by molar-refractivity contribution is 0.259. The molecule has 0 heteroatoms. The Kier molecular flexibility index (Phi) is 6.18. The minimum Gasteiger partial charge on any atom is -0.123 e. The average molecular weight is 289 g/mol. The largest absolute Gasteiger partial charge is 0.123 e. The van der Waals surface area contributed by atoms with E-state index in [2.05, 4.69) is 40.3 Å². The van der Waals surface area contributed by atoms with Gasteiger partial charge in [0, 0.05) is 0 Å². The van der Waals surface area contributed by atoms with Crippen molar-refractivity contribution < 1.29 is 0 Å². The van der Waals surface area contributed by atoms with Gasteiger partial charge in [0.15, 0.2) is 0 Å². The van der Waals surface area contributed by atoms with E-state index in [1.165, 1.54) is 56.9 Å². The molecule has 0 heterocycles. The third-order valence-electron chi connectivity index (χ3n) is 6.43. The predicted octanol–water partition coefficient (Wildman–Crippen LogP) is 6.77. The minimum absolute atomic E-state index is 0.790. The van der Waals surface area contributed by atoms with Crippen LogP contribution in [-0.2, 0) is 0 Å². The topological polar surface area (TPSA) is 0 Å². The maximum Gasteiger partial charge on any atom is -0.00610 e. The zero-order valence-corrected chi connectivity index (χ0v) is 15.0. The summed E-state index contributed by atoms with van der Waals surface area (Å²) in [4.78, 5) is 0. The van der Waals surface area contributed by atoms with Crippen molar-refractivity contribution in [3.8, 4) is 0 Å². The van der Waals surface area contributed by atoms with Crippen LogP contribution < -0.4 is 0 Å². The van der Waals surface area contributed by atoms with Crippen LogP contribution in [0.3, 0.4) is 0 Å². The molecule has 0 amide bonds. The van der Waals surface area contributed by atoms with Gasteiger partial charge in [0.25, 0.3) is 0 Å². The van der Waals surface area contributed by atoms with E-state index < -0.39 is 0 Å². The van der Waals surface area contributed by atoms with Crippen LogP contribution in [0, 0.1) is 29.6 Å². The van der Waals surface area contributed by atoms with Gasteiger partial charge in [0.1, 0.15) is 0 Å². The van der Waals surface area contributed by atoms with E-state index in [9.17, 15) is 0 Å². The fourth-order valence-corrected chi connectivity index (χ4v) is 4.94. The molecule has 21 heavy (non-hydrogen) atoms. The molecule has 0 radical (unpaired) electrons. The minimum atomic E-state index is 0.790. The van der Waals surface area contributed by atoms with Gasteiger partial charge in [-0.15, -0.1) is 5.73 Å². The Balaban J connectivity index is 1.95. The van der Waals surface area contributed by atoms with Crippen LogP contribution in [0.1, 0.15) is 86.0 Å². The predicted molar refractivity (Wildman–Crippen MR) is 93.3 cm³/mol. The molecule has 0 N–H and O–H groups in total. The lowest BCUT2D eigenvalue weighted by atomic mass is 9.78. The summed E-state index contributed by atoms with van der Waals surface area (Å²) >= 11 is 0. The smallest absolute Gasteiger partial charge is 0.00610 e. The van der Waals surface area contributed by atoms with Crippen molar-refractivity contribution in [3.63, 3.8) is 0 Å². The molecule has 0 aromatic carbocycles. The molecule has 0 aliphatic heterocycles. The van der Waals surface area contributed by atoms with Crippen molar-refractivity contribution >= 4 is 0 Å². The van der Waals surface area contributed by atoms with Crippen LogP contribution >= 0.6 is 0 Å². The van der Waals surface area contributed by atoms with Crippen molar-refractivity contribution in [2.75, 3.05) is 0 Å². The third-order valence-corrected chi connectivity index (χ3v) is 6.43. The van der Waals surface area contributed by atoms with Gasteiger partial charge < -0.3 is 0 Å². The van der Waals surface area contributed by atoms with Crippen molar-refractivity contribution in [1.82, 2.24) is 0 Å². The Morgan fingerprint density at radius 3 is 2.57 bits per heavy atom. The highest BCUT2D eigenvalue weighted by Gasteiger charge is 2.33. The fraction of sp³-hybridized carbons (Fsp3) is 0.857. The zero-order valence-electron chi connectivity index (χ0n) is 15.0. The number of allylic oxidation sites excluding steroid dienone is 1. The van der Waals surface area contributed by atoms with Crippen LogP contribution in [0.15, 0.2) is 16.9 Å². The Labute approximate surface area is 133 Å². The molecule has 120 valence electrons. The number of hydrogen-bond donors (Lipinski definition) is 0. The molecule has 0 bridgehead atoms. The highest BCUT2D eigenvalue weighted by atomic mass is 14.4. The Bertz CT molecular complexity index is 396. The van der Waals surface area contributed by atoms with E-state index in [1.54, 1.807) is 5.57 Å². The SMILES string of the molecule is CCCC(C)C1CCCC1CC1=C=C(C)C(C(C)CC)C1. The monoisotopic (exact) mass is 288 g/mol. The molecule has 2 aliphatic rings. The first-order chi connectivity index (χ1) is 10.1. The summed E-state index contributed by atoms with van der Waals surface area (Å²) in [6.45, 7) is 11.9. The van der Waals surface area contributed by atoms with Crippen LogP contribution in [0.5, 0.6) is 0 Å². The first kappa shape index (κ1) is 16.9. The Hall–Kier alpha value is -0.480. The molecule has 1 fully saturated rings. The van der Waals surface area contributed by atoms with Gasteiger partial charge >= 0.3 is 0 Å². The second-order valence-corrected chi connectivity index (χ2v) is 7.93. The quantitative estimate of drug-likeness (QED) is 0.454. The van der Waals surface area contributed by atoms with E-state index in [0.29, 0.717) is 0 Å². The van der Waals surface area contributed by atoms with Gasteiger partial charge in [-0.25, -0.2) is 0 Å². The highest BCUT2D eigenvalue weighted by molar-refractivity contribution is 5.21. The van der Waals surface area contributed by atoms with Crippen molar-refractivity contribution in [1.29, 1.82) is 0 Å². The van der Waals surface area contributed by atoms with Crippen molar-refractivity contribution in [3.05, 3.63) is 16.9 Å². The fourth-order valence-electron chi connectivity index (χ4n) is 4.94. The maximum atomic E-state index is 3.77. The number of rotatable bonds is 7. The molecule has 0 spiro atoms. The normalized spacial score (nSPS) is 32.0. The van der Waals surface area contributed by atoms with Gasteiger partial charge in [0.05, 0.1) is 0 Å². The average Bonchev–Trinajstić information content (AvgIpc) is 3.05. The molecule has 2 aliphatic carbocycles. The van der Waals surface area contributed by atoms with Crippen molar-refractivity contribution in [2.45, 2.75) is 86.0 Å². The van der Waals surface area contributed by atoms with Gasteiger partial charge in [0.2, 0.25) is 0 Å². The van der Waals surface area contributed by atoms with Gasteiger partial charge in [-0.2, -0.15) is 0 Å². The zero-order chi connectivity index (χ0) is 15.4. The summed E-state index contributed by atoms with van der Waals surface area (Å²) in [5, 5.41) is 0. The van der Waals surface area contributed by atoms with E-state index >= 15 is 0 Å². The molecular weight excluding hydrogens is 252 g/mol. The highest BCUT2D eigenvalue weighted by Crippen LogP contribution is 2.44. The molecule has 1 saturated carbocycles. The second kappa shape index (κ2) is 7.68. The van der Waals surface area contributed by atoms with Crippen LogP contribution in [0.4, 0.5) is 0 Å². The van der Waals surface area contributed by atoms with E-state index in [1.807, 2.05) is 0 Å². The molecule has 5 unspecified atom stereocenters. The summed E-state index contributed by atoms with van der Waals surface area (Å²) in [7, 11) is 0. The van der Waals surface area contributed by atoms with E-state index in [0.717, 1.165) is 29.6 Å². The summed E-state index contributed by atoms with van der Waals surface area (Å²) in [5.74, 6) is 4.49. The molecular formula is C21H36. The van der Waals surface area contributed by atoms with Gasteiger partial charge in [-0.05, 0) is 73.3 Å². The number of hydrogen-bond acceptors (Lipinski definition) is 0. The standard InChI is InChI=1S/C21H36/c1-6-9-16(4)20-11-8-10-19(20)13-18-12-17(5)21(14-18)15(3)7-2/h15-16,19-21H,6-11,13-14H2,1-5H3. The Morgan fingerprint density at radius 2 is 1.90 bits per heavy atom. The lowest BCUT2D eigenvalue weighted by Gasteiger charge is -2.26. The second-order valence-electron chi connectivity index (χ2n) is 7.93. The molecule has 0 saturated heterocycles. The maximum absolute atomic E-state index is 3.77. The summed E-state index contributed by atoms with van der Waals surface area (Å²) in [6.07, 6.45) is 11.2. The lowest BCUT2D eigenvalue weighted by Crippen LogP contribution is -2.17. The molecule has 0 aromatic rings. The van der Waals surface area contributed by atoms with Gasteiger partial charge in [-0.3, -0.25) is 0 Å². The van der Waals surface area contributed by atoms with Crippen LogP contribution in [-0.4, -0.2) is 0 Å². The first-order valence-electron chi connectivity index (χ1n) is 9.51. The third kappa shape index (κ3) is 4.04. The van der Waals surface area contributed by atoms with Crippen LogP contribution in [0.2, 0.25) is 0 Å². The molecule has 0 nitrogen and oxygen atoms in total. The Morgan fingerprint density at radius 1 is 1.14 bits per heavy atom. The summed E-state index contributed by atoms with van der Waals surface area (Å²) < 4.78 is 0. The van der Waals surface area contributed by atoms with Crippen molar-refractivity contribution in [2.24, 2.45) is 29.6 Å².